The maximum Gasteiger partial charge on any atom is 0.115 e. The van der Waals surface area contributed by atoms with Crippen LogP contribution in [0.3, 0.4) is 0 Å². The number of rotatable bonds is 11. The highest BCUT2D eigenvalue weighted by Crippen LogP contribution is 2.26. The third-order valence-corrected chi connectivity index (χ3v) is 5.51. The van der Waals surface area contributed by atoms with E-state index in [4.69, 9.17) is 4.74 Å². The van der Waals surface area contributed by atoms with Gasteiger partial charge in [0.2, 0.25) is 0 Å². The zero-order valence-electron chi connectivity index (χ0n) is 18.3. The number of unbranched alkanes of at least 4 members (excludes halogenated alkanes) is 3. The summed E-state index contributed by atoms with van der Waals surface area (Å²) in [7, 11) is 0. The van der Waals surface area contributed by atoms with E-state index in [1.54, 1.807) is 12.1 Å². The van der Waals surface area contributed by atoms with Gasteiger partial charge < -0.3 is 9.84 Å². The SMILES string of the molecule is CCCCCOC(C)CCC/C=C/c1ccc2cc(-c3ccc(O)cc3)ccc2c1. The highest BCUT2D eigenvalue weighted by Gasteiger charge is 2.02. The van der Waals surface area contributed by atoms with Gasteiger partial charge in [0.1, 0.15) is 5.75 Å². The summed E-state index contributed by atoms with van der Waals surface area (Å²) in [4.78, 5) is 0. The third-order valence-electron chi connectivity index (χ3n) is 5.51. The monoisotopic (exact) mass is 402 g/mol. The number of ether oxygens (including phenoxy) is 1. The average Bonchev–Trinajstić information content (AvgIpc) is 2.76. The van der Waals surface area contributed by atoms with Crippen molar-refractivity contribution in [3.8, 4) is 16.9 Å². The highest BCUT2D eigenvalue weighted by molar-refractivity contribution is 5.89. The van der Waals surface area contributed by atoms with Crippen LogP contribution in [0.4, 0.5) is 0 Å². The van der Waals surface area contributed by atoms with Crippen molar-refractivity contribution >= 4 is 16.8 Å². The second-order valence-electron chi connectivity index (χ2n) is 8.09. The van der Waals surface area contributed by atoms with Crippen molar-refractivity contribution in [2.75, 3.05) is 6.61 Å². The minimum atomic E-state index is 0.296. The Balaban J connectivity index is 1.50. The van der Waals surface area contributed by atoms with E-state index in [2.05, 4.69) is 62.4 Å². The van der Waals surface area contributed by atoms with Crippen LogP contribution in [0.15, 0.2) is 66.7 Å². The molecule has 3 rings (SSSR count). The van der Waals surface area contributed by atoms with Crippen LogP contribution in [-0.2, 0) is 4.74 Å². The first kappa shape index (κ1) is 22.1. The zero-order chi connectivity index (χ0) is 21.2. The molecule has 2 nitrogen and oxygen atoms in total. The van der Waals surface area contributed by atoms with Crippen molar-refractivity contribution in [3.05, 3.63) is 72.3 Å². The van der Waals surface area contributed by atoms with E-state index >= 15 is 0 Å². The Bertz CT molecular complexity index is 941. The maximum absolute atomic E-state index is 9.48. The number of fused-ring (bicyclic) bond motifs is 1. The van der Waals surface area contributed by atoms with Gasteiger partial charge in [-0.1, -0.05) is 68.3 Å². The van der Waals surface area contributed by atoms with E-state index in [0.29, 0.717) is 11.9 Å². The van der Waals surface area contributed by atoms with E-state index < -0.39 is 0 Å². The number of allylic oxidation sites excluding steroid dienone is 1. The lowest BCUT2D eigenvalue weighted by molar-refractivity contribution is 0.0566. The maximum atomic E-state index is 9.48. The number of phenolic OH excluding ortho intramolecular Hbond substituents is 1. The molecule has 1 N–H and O–H groups in total. The van der Waals surface area contributed by atoms with Crippen LogP contribution < -0.4 is 0 Å². The molecule has 2 heteroatoms. The van der Waals surface area contributed by atoms with E-state index in [9.17, 15) is 5.11 Å². The standard InChI is InChI=1S/C28H34O2/c1-3-4-8-19-30-22(2)9-6-5-7-10-23-11-12-27-21-26(14-13-25(27)20-23)24-15-17-28(29)18-16-24/h7,10-18,20-22,29H,3-6,8-9,19H2,1-2H3/b10-7+. The number of phenols is 1. The highest BCUT2D eigenvalue weighted by atomic mass is 16.5. The first-order chi connectivity index (χ1) is 14.7. The molecule has 1 atom stereocenters. The minimum absolute atomic E-state index is 0.296. The van der Waals surface area contributed by atoms with Crippen LogP contribution >= 0.6 is 0 Å². The predicted octanol–water partition coefficient (Wildman–Crippen LogP) is 7.99. The molecule has 0 amide bonds. The van der Waals surface area contributed by atoms with Crippen LogP contribution in [0, 0.1) is 0 Å². The summed E-state index contributed by atoms with van der Waals surface area (Å²) < 4.78 is 5.87. The van der Waals surface area contributed by atoms with Crippen molar-refractivity contribution in [1.82, 2.24) is 0 Å². The Hall–Kier alpha value is -2.58. The fourth-order valence-electron chi connectivity index (χ4n) is 3.66. The van der Waals surface area contributed by atoms with E-state index in [0.717, 1.165) is 37.0 Å². The largest absolute Gasteiger partial charge is 0.508 e. The molecular weight excluding hydrogens is 368 g/mol. The molecule has 0 fully saturated rings. The Morgan fingerprint density at radius 2 is 1.60 bits per heavy atom. The van der Waals surface area contributed by atoms with Crippen LogP contribution in [0.1, 0.15) is 57.9 Å². The Labute approximate surface area is 181 Å². The Kier molecular flexibility index (Phi) is 8.53. The van der Waals surface area contributed by atoms with Gasteiger partial charge in [-0.2, -0.15) is 0 Å². The molecule has 0 saturated carbocycles. The van der Waals surface area contributed by atoms with Gasteiger partial charge in [-0.15, -0.1) is 0 Å². The van der Waals surface area contributed by atoms with Gasteiger partial charge in [-0.3, -0.25) is 0 Å². The molecular formula is C28H34O2. The van der Waals surface area contributed by atoms with Crippen molar-refractivity contribution in [1.29, 1.82) is 0 Å². The van der Waals surface area contributed by atoms with Gasteiger partial charge in [0.15, 0.2) is 0 Å². The van der Waals surface area contributed by atoms with Crippen LogP contribution in [0.25, 0.3) is 28.0 Å². The summed E-state index contributed by atoms with van der Waals surface area (Å²) in [5.41, 5.74) is 3.52. The van der Waals surface area contributed by atoms with Crippen LogP contribution in [0.5, 0.6) is 5.75 Å². The zero-order valence-corrected chi connectivity index (χ0v) is 18.3. The fraction of sp³-hybridized carbons (Fsp3) is 0.357. The normalized spacial score (nSPS) is 12.6. The molecule has 0 bridgehead atoms. The first-order valence-electron chi connectivity index (χ1n) is 11.3. The predicted molar refractivity (Wildman–Crippen MR) is 129 cm³/mol. The lowest BCUT2D eigenvalue weighted by Crippen LogP contribution is -2.08. The molecule has 0 spiro atoms. The van der Waals surface area contributed by atoms with E-state index in [-0.39, 0.29) is 0 Å². The number of benzene rings is 3. The lowest BCUT2D eigenvalue weighted by Gasteiger charge is -2.12. The molecule has 0 saturated heterocycles. The van der Waals surface area contributed by atoms with Gasteiger partial charge in [0.25, 0.3) is 0 Å². The second kappa shape index (κ2) is 11.6. The molecule has 3 aromatic carbocycles. The number of aromatic hydroxyl groups is 1. The van der Waals surface area contributed by atoms with Gasteiger partial charge in [-0.25, -0.2) is 0 Å². The van der Waals surface area contributed by atoms with Crippen molar-refractivity contribution in [2.45, 2.75) is 58.5 Å². The second-order valence-corrected chi connectivity index (χ2v) is 8.09. The number of hydrogen-bond donors (Lipinski definition) is 1. The lowest BCUT2D eigenvalue weighted by atomic mass is 9.99. The number of hydrogen-bond acceptors (Lipinski definition) is 2. The summed E-state index contributed by atoms with van der Waals surface area (Å²) in [5, 5.41) is 11.9. The topological polar surface area (TPSA) is 29.5 Å². The molecule has 0 radical (unpaired) electrons. The Morgan fingerprint density at radius 1 is 0.867 bits per heavy atom. The molecule has 1 unspecified atom stereocenters. The summed E-state index contributed by atoms with van der Waals surface area (Å²) in [6, 6.07) is 20.5. The quantitative estimate of drug-likeness (QED) is 0.329. The smallest absolute Gasteiger partial charge is 0.115 e. The van der Waals surface area contributed by atoms with Crippen LogP contribution in [0.2, 0.25) is 0 Å². The molecule has 30 heavy (non-hydrogen) atoms. The van der Waals surface area contributed by atoms with Crippen molar-refractivity contribution in [2.24, 2.45) is 0 Å². The van der Waals surface area contributed by atoms with Gasteiger partial charge in [0.05, 0.1) is 6.10 Å². The van der Waals surface area contributed by atoms with Gasteiger partial charge in [0, 0.05) is 6.61 Å². The van der Waals surface area contributed by atoms with E-state index in [1.807, 2.05) is 12.1 Å². The fourth-order valence-corrected chi connectivity index (χ4v) is 3.66. The van der Waals surface area contributed by atoms with Gasteiger partial charge >= 0.3 is 0 Å². The molecule has 3 aromatic rings. The first-order valence-corrected chi connectivity index (χ1v) is 11.3. The molecule has 0 aliphatic rings. The molecule has 0 aliphatic carbocycles. The summed E-state index contributed by atoms with van der Waals surface area (Å²) in [6.07, 6.45) is 11.9. The van der Waals surface area contributed by atoms with Gasteiger partial charge in [-0.05, 0) is 84.3 Å². The van der Waals surface area contributed by atoms with Crippen molar-refractivity contribution in [3.63, 3.8) is 0 Å². The summed E-state index contributed by atoms with van der Waals surface area (Å²) in [6.45, 7) is 5.31. The molecule has 0 aromatic heterocycles. The summed E-state index contributed by atoms with van der Waals surface area (Å²) >= 11 is 0. The van der Waals surface area contributed by atoms with Crippen LogP contribution in [-0.4, -0.2) is 17.8 Å². The summed E-state index contributed by atoms with van der Waals surface area (Å²) in [5.74, 6) is 0.296. The van der Waals surface area contributed by atoms with Crippen molar-refractivity contribution < 1.29 is 9.84 Å². The van der Waals surface area contributed by atoms with E-state index in [1.165, 1.54) is 35.6 Å². The average molecular weight is 403 g/mol. The third kappa shape index (κ3) is 6.74. The Morgan fingerprint density at radius 3 is 2.40 bits per heavy atom. The molecule has 158 valence electrons. The molecule has 0 aliphatic heterocycles. The minimum Gasteiger partial charge on any atom is -0.508 e. The molecule has 0 heterocycles.